The van der Waals surface area contributed by atoms with Crippen LogP contribution in [0.2, 0.25) is 5.02 Å². The van der Waals surface area contributed by atoms with Crippen LogP contribution in [0.4, 0.5) is 5.69 Å². The quantitative estimate of drug-likeness (QED) is 0.901. The number of rotatable bonds is 4. The molecule has 2 rings (SSSR count). The number of halogens is 1. The minimum atomic E-state index is -0.571. The summed E-state index contributed by atoms with van der Waals surface area (Å²) in [6.45, 7) is 0. The van der Waals surface area contributed by atoms with Crippen LogP contribution in [-0.4, -0.2) is 11.9 Å². The molecule has 0 heterocycles. The van der Waals surface area contributed by atoms with E-state index in [1.165, 1.54) is 0 Å². The molecule has 1 unspecified atom stereocenters. The molecule has 1 amide bonds. The highest BCUT2D eigenvalue weighted by Crippen LogP contribution is 2.13. The lowest BCUT2D eigenvalue weighted by molar-refractivity contribution is -0.117. The zero-order chi connectivity index (χ0) is 13.7. The van der Waals surface area contributed by atoms with Crippen LogP contribution >= 0.6 is 11.6 Å². The van der Waals surface area contributed by atoms with Gasteiger partial charge in [0, 0.05) is 10.7 Å². The lowest BCUT2D eigenvalue weighted by Crippen LogP contribution is -2.37. The highest BCUT2D eigenvalue weighted by molar-refractivity contribution is 6.30. The molecule has 1 atom stereocenters. The second-order valence-corrected chi connectivity index (χ2v) is 4.73. The van der Waals surface area contributed by atoms with Crippen molar-refractivity contribution in [2.24, 2.45) is 5.73 Å². The second-order valence-electron chi connectivity index (χ2n) is 4.29. The first-order chi connectivity index (χ1) is 9.15. The van der Waals surface area contributed by atoms with Gasteiger partial charge in [0.2, 0.25) is 5.91 Å². The van der Waals surface area contributed by atoms with E-state index in [-0.39, 0.29) is 5.91 Å². The maximum Gasteiger partial charge on any atom is 0.241 e. The maximum absolute atomic E-state index is 11.9. The van der Waals surface area contributed by atoms with Crippen LogP contribution in [0.3, 0.4) is 0 Å². The molecule has 0 aliphatic rings. The summed E-state index contributed by atoms with van der Waals surface area (Å²) >= 11 is 5.78. The lowest BCUT2D eigenvalue weighted by atomic mass is 10.1. The molecule has 0 spiro atoms. The summed E-state index contributed by atoms with van der Waals surface area (Å²) in [4.78, 5) is 11.9. The van der Waals surface area contributed by atoms with E-state index >= 15 is 0 Å². The number of anilines is 1. The van der Waals surface area contributed by atoms with Crippen LogP contribution in [0.5, 0.6) is 0 Å². The van der Waals surface area contributed by atoms with Crippen LogP contribution in [0.15, 0.2) is 54.6 Å². The number of hydrogen-bond donors (Lipinski definition) is 2. The van der Waals surface area contributed by atoms with Gasteiger partial charge in [0.25, 0.3) is 0 Å². The first-order valence-electron chi connectivity index (χ1n) is 6.01. The Bertz CT molecular complexity index is 540. The Balaban J connectivity index is 1.94. The molecule has 3 nitrogen and oxygen atoms in total. The van der Waals surface area contributed by atoms with E-state index in [1.807, 2.05) is 30.3 Å². The van der Waals surface area contributed by atoms with Gasteiger partial charge in [-0.15, -0.1) is 0 Å². The van der Waals surface area contributed by atoms with Gasteiger partial charge in [-0.05, 0) is 36.2 Å². The van der Waals surface area contributed by atoms with Crippen LogP contribution < -0.4 is 11.1 Å². The summed E-state index contributed by atoms with van der Waals surface area (Å²) in [7, 11) is 0. The Labute approximate surface area is 117 Å². The molecule has 4 heteroatoms. The third kappa shape index (κ3) is 4.09. The van der Waals surface area contributed by atoms with Crippen LogP contribution in [0.25, 0.3) is 0 Å². The van der Waals surface area contributed by atoms with Gasteiger partial charge < -0.3 is 11.1 Å². The Kier molecular flexibility index (Phi) is 4.55. The zero-order valence-corrected chi connectivity index (χ0v) is 11.1. The predicted octanol–water partition coefficient (Wildman–Crippen LogP) is 2.85. The molecule has 0 aromatic heterocycles. The van der Waals surface area contributed by atoms with Crippen LogP contribution in [0.1, 0.15) is 5.56 Å². The Hall–Kier alpha value is -1.84. The molecule has 0 bridgehead atoms. The van der Waals surface area contributed by atoms with Gasteiger partial charge in [0.1, 0.15) is 0 Å². The predicted molar refractivity (Wildman–Crippen MR) is 78.2 cm³/mol. The first-order valence-corrected chi connectivity index (χ1v) is 6.39. The molecule has 0 aliphatic heterocycles. The van der Waals surface area contributed by atoms with Gasteiger partial charge in [-0.25, -0.2) is 0 Å². The highest BCUT2D eigenvalue weighted by atomic mass is 35.5. The molecular weight excluding hydrogens is 260 g/mol. The normalized spacial score (nSPS) is 11.9. The van der Waals surface area contributed by atoms with Gasteiger partial charge in [0.05, 0.1) is 6.04 Å². The van der Waals surface area contributed by atoms with Gasteiger partial charge in [0.15, 0.2) is 0 Å². The SMILES string of the molecule is NC(Cc1ccccc1)C(=O)Nc1ccc(Cl)cc1. The Morgan fingerprint density at radius 2 is 1.74 bits per heavy atom. The van der Waals surface area contributed by atoms with Crippen molar-refractivity contribution in [3.05, 3.63) is 65.2 Å². The Morgan fingerprint density at radius 3 is 2.37 bits per heavy atom. The molecule has 98 valence electrons. The van der Waals surface area contributed by atoms with Gasteiger partial charge in [-0.1, -0.05) is 41.9 Å². The van der Waals surface area contributed by atoms with E-state index in [1.54, 1.807) is 24.3 Å². The molecular formula is C15H15ClN2O. The van der Waals surface area contributed by atoms with Crippen LogP contribution in [0, 0.1) is 0 Å². The number of carbonyl (C=O) groups is 1. The molecule has 0 fully saturated rings. The van der Waals surface area contributed by atoms with Crippen LogP contribution in [-0.2, 0) is 11.2 Å². The maximum atomic E-state index is 11.9. The second kappa shape index (κ2) is 6.36. The summed E-state index contributed by atoms with van der Waals surface area (Å²) in [6.07, 6.45) is 0.514. The van der Waals surface area contributed by atoms with Gasteiger partial charge >= 0.3 is 0 Å². The number of amides is 1. The average molecular weight is 275 g/mol. The standard InChI is InChI=1S/C15H15ClN2O/c16-12-6-8-13(9-7-12)18-15(19)14(17)10-11-4-2-1-3-5-11/h1-9,14H,10,17H2,(H,18,19). The summed E-state index contributed by atoms with van der Waals surface area (Å²) in [5, 5.41) is 3.40. The fraction of sp³-hybridized carbons (Fsp3) is 0.133. The van der Waals surface area contributed by atoms with E-state index < -0.39 is 6.04 Å². The summed E-state index contributed by atoms with van der Waals surface area (Å²) in [5.41, 5.74) is 7.62. The van der Waals surface area contributed by atoms with E-state index in [0.717, 1.165) is 5.56 Å². The third-order valence-corrected chi connectivity index (χ3v) is 3.00. The fourth-order valence-electron chi connectivity index (χ4n) is 1.73. The molecule has 0 radical (unpaired) electrons. The Morgan fingerprint density at radius 1 is 1.11 bits per heavy atom. The summed E-state index contributed by atoms with van der Waals surface area (Å²) in [5.74, 6) is -0.203. The van der Waals surface area contributed by atoms with Gasteiger partial charge in [-0.2, -0.15) is 0 Å². The van der Waals surface area contributed by atoms with Crippen molar-refractivity contribution in [3.63, 3.8) is 0 Å². The van der Waals surface area contributed by atoms with Crippen molar-refractivity contribution in [3.8, 4) is 0 Å². The molecule has 0 saturated carbocycles. The van der Waals surface area contributed by atoms with E-state index in [4.69, 9.17) is 17.3 Å². The monoisotopic (exact) mass is 274 g/mol. The van der Waals surface area contributed by atoms with Gasteiger partial charge in [-0.3, -0.25) is 4.79 Å². The van der Waals surface area contributed by atoms with Crippen molar-refractivity contribution in [1.82, 2.24) is 0 Å². The van der Waals surface area contributed by atoms with E-state index in [2.05, 4.69) is 5.32 Å². The minimum absolute atomic E-state index is 0.203. The fourth-order valence-corrected chi connectivity index (χ4v) is 1.85. The molecule has 0 saturated heterocycles. The number of carbonyl (C=O) groups excluding carboxylic acids is 1. The highest BCUT2D eigenvalue weighted by Gasteiger charge is 2.13. The number of benzene rings is 2. The van der Waals surface area contributed by atoms with Crippen molar-refractivity contribution >= 4 is 23.2 Å². The minimum Gasteiger partial charge on any atom is -0.325 e. The average Bonchev–Trinajstić information content (AvgIpc) is 2.42. The molecule has 0 aliphatic carbocycles. The smallest absolute Gasteiger partial charge is 0.241 e. The van der Waals surface area contributed by atoms with Crippen molar-refractivity contribution in [2.45, 2.75) is 12.5 Å². The number of hydrogen-bond acceptors (Lipinski definition) is 2. The van der Waals surface area contributed by atoms with Crippen molar-refractivity contribution in [2.75, 3.05) is 5.32 Å². The zero-order valence-electron chi connectivity index (χ0n) is 10.3. The van der Waals surface area contributed by atoms with E-state index in [0.29, 0.717) is 17.1 Å². The molecule has 19 heavy (non-hydrogen) atoms. The molecule has 2 aromatic carbocycles. The lowest BCUT2D eigenvalue weighted by Gasteiger charge is -2.12. The van der Waals surface area contributed by atoms with E-state index in [9.17, 15) is 4.79 Å². The van der Waals surface area contributed by atoms with Crippen molar-refractivity contribution < 1.29 is 4.79 Å². The number of nitrogens with two attached hydrogens (primary N) is 1. The third-order valence-electron chi connectivity index (χ3n) is 2.75. The van der Waals surface area contributed by atoms with Crippen molar-refractivity contribution in [1.29, 1.82) is 0 Å². The first kappa shape index (κ1) is 13.6. The summed E-state index contributed by atoms with van der Waals surface area (Å²) in [6, 6.07) is 16.1. The topological polar surface area (TPSA) is 55.1 Å². The molecule has 2 aromatic rings. The summed E-state index contributed by atoms with van der Waals surface area (Å²) < 4.78 is 0. The number of nitrogens with one attached hydrogen (secondary N) is 1. The largest absolute Gasteiger partial charge is 0.325 e. The molecule has 3 N–H and O–H groups in total.